The average molecular weight is 435 g/mol. The third kappa shape index (κ3) is 4.01. The Morgan fingerprint density at radius 3 is 2.70 bits per heavy atom. The molecule has 6 nitrogen and oxygen atoms in total. The van der Waals surface area contributed by atoms with Crippen molar-refractivity contribution in [1.82, 2.24) is 14.6 Å². The van der Waals surface area contributed by atoms with Gasteiger partial charge in [-0.2, -0.15) is 9.61 Å². The first kappa shape index (κ1) is 19.0. The number of fused-ring (bicyclic) bond motifs is 1. The van der Waals surface area contributed by atoms with E-state index in [0.717, 1.165) is 28.4 Å². The number of thioether (sulfide) groups is 1. The lowest BCUT2D eigenvalue weighted by Crippen LogP contribution is -2.15. The summed E-state index contributed by atoms with van der Waals surface area (Å²) in [5.41, 5.74) is 1.90. The molecule has 1 N–H and O–H groups in total. The van der Waals surface area contributed by atoms with Crippen LogP contribution in [0.3, 0.4) is 0 Å². The van der Waals surface area contributed by atoms with Crippen molar-refractivity contribution in [2.45, 2.75) is 29.4 Å². The van der Waals surface area contributed by atoms with Crippen LogP contribution in [-0.4, -0.2) is 20.5 Å². The zero-order chi connectivity index (χ0) is 20.5. The number of nitrogens with zero attached hydrogens (tertiary/aromatic N) is 3. The Morgan fingerprint density at radius 1 is 1.13 bits per heavy atom. The molecule has 0 aliphatic heterocycles. The van der Waals surface area contributed by atoms with Crippen LogP contribution in [0, 0.1) is 0 Å². The molecule has 5 rings (SSSR count). The van der Waals surface area contributed by atoms with Crippen LogP contribution >= 0.6 is 23.1 Å². The van der Waals surface area contributed by atoms with Gasteiger partial charge in [0.05, 0.1) is 11.4 Å². The summed E-state index contributed by atoms with van der Waals surface area (Å²) in [6, 6.07) is 18.3. The standard InChI is InChI=1S/C22H18N4O2S2/c27-19-12-16(23-22-26(19)25-21(30-22)15-10-11-15)13-29-18-9-5-4-8-17(18)24-20(28)14-6-2-1-3-7-14/h1-9,12,15H,10-11,13H2,(H,24,28). The molecule has 0 bridgehead atoms. The molecule has 1 aliphatic carbocycles. The van der Waals surface area contributed by atoms with Crippen molar-refractivity contribution in [2.75, 3.05) is 5.32 Å². The molecule has 2 heterocycles. The molecule has 1 fully saturated rings. The number of anilines is 1. The third-order valence-electron chi connectivity index (χ3n) is 4.79. The number of nitrogens with one attached hydrogen (secondary N) is 1. The summed E-state index contributed by atoms with van der Waals surface area (Å²) < 4.78 is 1.40. The van der Waals surface area contributed by atoms with Gasteiger partial charge >= 0.3 is 0 Å². The van der Waals surface area contributed by atoms with Gasteiger partial charge < -0.3 is 5.32 Å². The monoisotopic (exact) mass is 434 g/mol. The minimum absolute atomic E-state index is 0.149. The van der Waals surface area contributed by atoms with Gasteiger partial charge in [-0.15, -0.1) is 11.8 Å². The first-order valence-electron chi connectivity index (χ1n) is 9.65. The number of carbonyl (C=O) groups excluding carboxylic acids is 1. The molecule has 8 heteroatoms. The van der Waals surface area contributed by atoms with Crippen molar-refractivity contribution < 1.29 is 4.79 Å². The van der Waals surface area contributed by atoms with Crippen molar-refractivity contribution in [2.24, 2.45) is 0 Å². The Morgan fingerprint density at radius 2 is 1.90 bits per heavy atom. The lowest BCUT2D eigenvalue weighted by molar-refractivity contribution is 0.102. The van der Waals surface area contributed by atoms with E-state index in [9.17, 15) is 9.59 Å². The van der Waals surface area contributed by atoms with Gasteiger partial charge in [0.15, 0.2) is 0 Å². The van der Waals surface area contributed by atoms with E-state index >= 15 is 0 Å². The molecule has 0 saturated heterocycles. The molecule has 30 heavy (non-hydrogen) atoms. The van der Waals surface area contributed by atoms with Gasteiger partial charge in [-0.1, -0.05) is 41.7 Å². The molecule has 2 aromatic carbocycles. The van der Waals surface area contributed by atoms with E-state index < -0.39 is 0 Å². The smallest absolute Gasteiger partial charge is 0.275 e. The number of rotatable bonds is 6. The summed E-state index contributed by atoms with van der Waals surface area (Å²) in [4.78, 5) is 31.1. The highest BCUT2D eigenvalue weighted by Gasteiger charge is 2.28. The molecular formula is C22H18N4O2S2. The quantitative estimate of drug-likeness (QED) is 0.450. The molecule has 1 amide bonds. The Labute approximate surface area is 181 Å². The molecule has 0 atom stereocenters. The topological polar surface area (TPSA) is 76.4 Å². The Kier molecular flexibility index (Phi) is 5.10. The lowest BCUT2D eigenvalue weighted by atomic mass is 10.2. The Balaban J connectivity index is 1.34. The van der Waals surface area contributed by atoms with Crippen LogP contribution in [0.15, 0.2) is 70.4 Å². The van der Waals surface area contributed by atoms with Crippen LogP contribution in [0.25, 0.3) is 4.96 Å². The fourth-order valence-electron chi connectivity index (χ4n) is 3.07. The number of hydrogen-bond donors (Lipinski definition) is 1. The number of benzene rings is 2. The van der Waals surface area contributed by atoms with Crippen molar-refractivity contribution >= 4 is 39.7 Å². The number of para-hydroxylation sites is 1. The maximum absolute atomic E-state index is 12.5. The molecule has 150 valence electrons. The van der Waals surface area contributed by atoms with Gasteiger partial charge in [-0.3, -0.25) is 9.59 Å². The van der Waals surface area contributed by atoms with E-state index in [1.165, 1.54) is 27.6 Å². The van der Waals surface area contributed by atoms with E-state index in [2.05, 4.69) is 15.4 Å². The SMILES string of the molecule is O=C(Nc1ccccc1SCc1cc(=O)n2nc(C3CC3)sc2n1)c1ccccc1. The molecule has 1 aliphatic rings. The predicted octanol–water partition coefficient (Wildman–Crippen LogP) is 4.57. The Bertz CT molecular complexity index is 1280. The highest BCUT2D eigenvalue weighted by molar-refractivity contribution is 7.98. The van der Waals surface area contributed by atoms with E-state index in [-0.39, 0.29) is 11.5 Å². The number of hydrogen-bond acceptors (Lipinski definition) is 6. The van der Waals surface area contributed by atoms with Crippen molar-refractivity contribution in [3.63, 3.8) is 0 Å². The van der Waals surface area contributed by atoms with Crippen LogP contribution < -0.4 is 10.9 Å². The second-order valence-electron chi connectivity index (χ2n) is 7.10. The normalized spacial score (nSPS) is 13.5. The zero-order valence-corrected chi connectivity index (χ0v) is 17.6. The summed E-state index contributed by atoms with van der Waals surface area (Å²) in [5.74, 6) is 0.869. The minimum atomic E-state index is -0.154. The summed E-state index contributed by atoms with van der Waals surface area (Å²) in [5, 5.41) is 8.39. The van der Waals surface area contributed by atoms with E-state index in [1.807, 2.05) is 42.5 Å². The van der Waals surface area contributed by atoms with Crippen LogP contribution in [0.5, 0.6) is 0 Å². The number of carbonyl (C=O) groups is 1. The van der Waals surface area contributed by atoms with E-state index in [0.29, 0.717) is 27.9 Å². The molecular weight excluding hydrogens is 416 g/mol. The molecule has 0 unspecified atom stereocenters. The van der Waals surface area contributed by atoms with E-state index in [4.69, 9.17) is 0 Å². The molecule has 0 spiro atoms. The van der Waals surface area contributed by atoms with Crippen molar-refractivity contribution in [1.29, 1.82) is 0 Å². The van der Waals surface area contributed by atoms with Gasteiger partial charge in [0.25, 0.3) is 11.5 Å². The fourth-order valence-corrected chi connectivity index (χ4v) is 5.06. The van der Waals surface area contributed by atoms with Gasteiger partial charge in [0.1, 0.15) is 5.01 Å². The maximum Gasteiger partial charge on any atom is 0.275 e. The summed E-state index contributed by atoms with van der Waals surface area (Å²) in [6.45, 7) is 0. The second-order valence-corrected chi connectivity index (χ2v) is 9.10. The van der Waals surface area contributed by atoms with Crippen LogP contribution in [-0.2, 0) is 5.75 Å². The van der Waals surface area contributed by atoms with Crippen LogP contribution in [0.2, 0.25) is 0 Å². The molecule has 2 aromatic heterocycles. The summed E-state index contributed by atoms with van der Waals surface area (Å²) >= 11 is 3.04. The fraction of sp³-hybridized carbons (Fsp3) is 0.182. The zero-order valence-electron chi connectivity index (χ0n) is 15.9. The first-order valence-corrected chi connectivity index (χ1v) is 11.5. The summed E-state index contributed by atoms with van der Waals surface area (Å²) in [7, 11) is 0. The third-order valence-corrected chi connectivity index (χ3v) is 6.97. The van der Waals surface area contributed by atoms with Gasteiger partial charge in [0.2, 0.25) is 4.96 Å². The van der Waals surface area contributed by atoms with Crippen molar-refractivity contribution in [3.05, 3.63) is 87.3 Å². The maximum atomic E-state index is 12.5. The van der Waals surface area contributed by atoms with Gasteiger partial charge in [-0.25, -0.2) is 4.98 Å². The van der Waals surface area contributed by atoms with Crippen molar-refractivity contribution in [3.8, 4) is 0 Å². The van der Waals surface area contributed by atoms with Crippen LogP contribution in [0.1, 0.15) is 39.8 Å². The van der Waals surface area contributed by atoms with E-state index in [1.54, 1.807) is 18.2 Å². The average Bonchev–Trinajstić information content (AvgIpc) is 3.53. The lowest BCUT2D eigenvalue weighted by Gasteiger charge is -2.10. The largest absolute Gasteiger partial charge is 0.321 e. The van der Waals surface area contributed by atoms with Gasteiger partial charge in [0, 0.05) is 28.2 Å². The summed E-state index contributed by atoms with van der Waals surface area (Å²) in [6.07, 6.45) is 2.28. The van der Waals surface area contributed by atoms with Gasteiger partial charge in [-0.05, 0) is 37.1 Å². The minimum Gasteiger partial charge on any atom is -0.321 e. The predicted molar refractivity (Wildman–Crippen MR) is 120 cm³/mol. The second kappa shape index (κ2) is 8.04. The number of aromatic nitrogens is 3. The molecule has 1 saturated carbocycles. The Hall–Kier alpha value is -2.97. The highest BCUT2D eigenvalue weighted by atomic mass is 32.2. The molecule has 0 radical (unpaired) electrons. The van der Waals surface area contributed by atoms with Crippen LogP contribution in [0.4, 0.5) is 5.69 Å². The molecule has 4 aromatic rings. The number of amides is 1. The highest BCUT2D eigenvalue weighted by Crippen LogP contribution is 2.41. The first-order chi connectivity index (χ1) is 14.7.